The quantitative estimate of drug-likeness (QED) is 0.776. The lowest BCUT2D eigenvalue weighted by Crippen LogP contribution is -2.36. The van der Waals surface area contributed by atoms with Crippen molar-refractivity contribution in [3.8, 4) is 22.7 Å². The molecule has 1 fully saturated rings. The standard InChI is InChI=1S/C18H19FN6O/c1-24(16-4-2-3-14(16)19)18-21-10-15(22-23-18)13-6-5-12(9-17(13)26)25-8-7-20-11-25/h5-11,14,16,26H,2-4H2,1H3/t14-,16-/m0/s1. The van der Waals surface area contributed by atoms with E-state index >= 15 is 0 Å². The number of hydrogen-bond donors (Lipinski definition) is 1. The minimum absolute atomic E-state index is 0.0769. The van der Waals surface area contributed by atoms with Gasteiger partial charge in [-0.1, -0.05) is 0 Å². The van der Waals surface area contributed by atoms with Crippen molar-refractivity contribution in [1.82, 2.24) is 24.7 Å². The highest BCUT2D eigenvalue weighted by molar-refractivity contribution is 5.68. The van der Waals surface area contributed by atoms with Crippen LogP contribution in [0, 0.1) is 0 Å². The molecule has 26 heavy (non-hydrogen) atoms. The molecule has 1 aliphatic rings. The second kappa shape index (κ2) is 6.70. The van der Waals surface area contributed by atoms with Crippen LogP contribution in [0.2, 0.25) is 0 Å². The zero-order valence-corrected chi connectivity index (χ0v) is 14.3. The predicted molar refractivity (Wildman–Crippen MR) is 95.0 cm³/mol. The molecular formula is C18H19FN6O. The smallest absolute Gasteiger partial charge is 0.245 e. The molecule has 0 unspecified atom stereocenters. The first-order valence-electron chi connectivity index (χ1n) is 8.52. The van der Waals surface area contributed by atoms with Crippen LogP contribution in [0.4, 0.5) is 10.3 Å². The van der Waals surface area contributed by atoms with E-state index in [0.29, 0.717) is 23.6 Å². The van der Waals surface area contributed by atoms with E-state index in [1.54, 1.807) is 53.6 Å². The molecule has 1 N–H and O–H groups in total. The van der Waals surface area contributed by atoms with Crippen LogP contribution in [0.1, 0.15) is 19.3 Å². The summed E-state index contributed by atoms with van der Waals surface area (Å²) in [7, 11) is 1.79. The van der Waals surface area contributed by atoms with Crippen LogP contribution >= 0.6 is 0 Å². The number of phenolic OH excluding ortho intramolecular Hbond substituents is 1. The lowest BCUT2D eigenvalue weighted by Gasteiger charge is -2.25. The molecule has 0 spiro atoms. The fraction of sp³-hybridized carbons (Fsp3) is 0.333. The Bertz CT molecular complexity index is 883. The van der Waals surface area contributed by atoms with Crippen molar-refractivity contribution in [3.05, 3.63) is 43.1 Å². The molecule has 2 aromatic heterocycles. The molecule has 8 heteroatoms. The maximum atomic E-state index is 13.9. The second-order valence-corrected chi connectivity index (χ2v) is 6.44. The molecule has 1 saturated carbocycles. The summed E-state index contributed by atoms with van der Waals surface area (Å²) in [5.41, 5.74) is 1.78. The lowest BCUT2D eigenvalue weighted by molar-refractivity contribution is 0.305. The lowest BCUT2D eigenvalue weighted by atomic mass is 10.1. The van der Waals surface area contributed by atoms with Crippen molar-refractivity contribution in [2.24, 2.45) is 0 Å². The van der Waals surface area contributed by atoms with E-state index in [9.17, 15) is 9.50 Å². The van der Waals surface area contributed by atoms with Gasteiger partial charge in [0.1, 0.15) is 17.6 Å². The van der Waals surface area contributed by atoms with Gasteiger partial charge in [0.05, 0.1) is 24.3 Å². The van der Waals surface area contributed by atoms with Gasteiger partial charge in [0, 0.05) is 31.1 Å². The van der Waals surface area contributed by atoms with Crippen LogP contribution in [-0.4, -0.2) is 49.1 Å². The summed E-state index contributed by atoms with van der Waals surface area (Å²) in [6, 6.07) is 5.04. The van der Waals surface area contributed by atoms with E-state index < -0.39 is 6.17 Å². The van der Waals surface area contributed by atoms with Gasteiger partial charge in [0.15, 0.2) is 0 Å². The molecule has 134 valence electrons. The summed E-state index contributed by atoms with van der Waals surface area (Å²) in [5, 5.41) is 18.6. The maximum Gasteiger partial charge on any atom is 0.245 e. The normalized spacial score (nSPS) is 19.6. The van der Waals surface area contributed by atoms with Gasteiger partial charge in [-0.3, -0.25) is 0 Å². The number of nitrogens with zero attached hydrogens (tertiary/aromatic N) is 6. The highest BCUT2D eigenvalue weighted by Crippen LogP contribution is 2.31. The van der Waals surface area contributed by atoms with Crippen LogP contribution in [0.25, 0.3) is 16.9 Å². The third-order valence-electron chi connectivity index (χ3n) is 4.82. The van der Waals surface area contributed by atoms with Gasteiger partial charge in [-0.2, -0.15) is 0 Å². The molecule has 1 aromatic carbocycles. The van der Waals surface area contributed by atoms with Crippen LogP contribution in [0.15, 0.2) is 43.1 Å². The highest BCUT2D eigenvalue weighted by Gasteiger charge is 2.31. The van der Waals surface area contributed by atoms with Crippen LogP contribution in [-0.2, 0) is 0 Å². The van der Waals surface area contributed by atoms with Crippen molar-refractivity contribution >= 4 is 5.95 Å². The van der Waals surface area contributed by atoms with Gasteiger partial charge in [0.2, 0.25) is 5.95 Å². The van der Waals surface area contributed by atoms with Gasteiger partial charge >= 0.3 is 0 Å². The highest BCUT2D eigenvalue weighted by atomic mass is 19.1. The molecule has 0 saturated heterocycles. The van der Waals surface area contributed by atoms with E-state index in [2.05, 4.69) is 20.2 Å². The topological polar surface area (TPSA) is 80.0 Å². The molecule has 3 aromatic rings. The van der Waals surface area contributed by atoms with Crippen molar-refractivity contribution < 1.29 is 9.50 Å². The molecule has 4 rings (SSSR count). The summed E-state index contributed by atoms with van der Waals surface area (Å²) >= 11 is 0. The van der Waals surface area contributed by atoms with E-state index in [1.165, 1.54) is 0 Å². The summed E-state index contributed by atoms with van der Waals surface area (Å²) in [4.78, 5) is 10.0. The van der Waals surface area contributed by atoms with Gasteiger partial charge < -0.3 is 14.6 Å². The van der Waals surface area contributed by atoms with Crippen LogP contribution in [0.3, 0.4) is 0 Å². The number of halogens is 1. The number of aromatic nitrogens is 5. The number of imidazole rings is 1. The van der Waals surface area contributed by atoms with Gasteiger partial charge in [-0.05, 0) is 31.4 Å². The number of benzene rings is 1. The monoisotopic (exact) mass is 354 g/mol. The van der Waals surface area contributed by atoms with E-state index in [0.717, 1.165) is 18.5 Å². The Morgan fingerprint density at radius 2 is 2.15 bits per heavy atom. The Morgan fingerprint density at radius 1 is 1.27 bits per heavy atom. The third-order valence-corrected chi connectivity index (χ3v) is 4.82. The number of aromatic hydroxyl groups is 1. The largest absolute Gasteiger partial charge is 0.507 e. The fourth-order valence-electron chi connectivity index (χ4n) is 3.34. The van der Waals surface area contributed by atoms with Gasteiger partial charge in [0.25, 0.3) is 0 Å². The summed E-state index contributed by atoms with van der Waals surface area (Å²) in [6.07, 6.45) is 8.05. The van der Waals surface area contributed by atoms with Crippen LogP contribution in [0.5, 0.6) is 5.75 Å². The minimum Gasteiger partial charge on any atom is -0.507 e. The van der Waals surface area contributed by atoms with E-state index in [-0.39, 0.29) is 11.8 Å². The van der Waals surface area contributed by atoms with Gasteiger partial charge in [-0.15, -0.1) is 10.2 Å². The number of phenols is 1. The zero-order valence-electron chi connectivity index (χ0n) is 14.3. The Morgan fingerprint density at radius 3 is 2.77 bits per heavy atom. The number of hydrogen-bond acceptors (Lipinski definition) is 6. The summed E-state index contributed by atoms with van der Waals surface area (Å²) in [5.74, 6) is 0.464. The van der Waals surface area contributed by atoms with Crippen molar-refractivity contribution in [2.75, 3.05) is 11.9 Å². The molecule has 0 radical (unpaired) electrons. The van der Waals surface area contributed by atoms with Crippen molar-refractivity contribution in [3.63, 3.8) is 0 Å². The van der Waals surface area contributed by atoms with Gasteiger partial charge in [-0.25, -0.2) is 14.4 Å². The predicted octanol–water partition coefficient (Wildman–Crippen LogP) is 2.76. The molecular weight excluding hydrogens is 335 g/mol. The average Bonchev–Trinajstić information content (AvgIpc) is 3.33. The number of anilines is 1. The van der Waals surface area contributed by atoms with E-state index in [1.807, 2.05) is 6.07 Å². The zero-order chi connectivity index (χ0) is 18.1. The molecule has 1 aliphatic carbocycles. The first-order valence-corrected chi connectivity index (χ1v) is 8.52. The van der Waals surface area contributed by atoms with E-state index in [4.69, 9.17) is 0 Å². The molecule has 2 atom stereocenters. The molecule has 2 heterocycles. The number of rotatable bonds is 4. The Hall–Kier alpha value is -3.03. The molecule has 7 nitrogen and oxygen atoms in total. The summed E-state index contributed by atoms with van der Waals surface area (Å²) < 4.78 is 15.7. The maximum absolute atomic E-state index is 13.9. The van der Waals surface area contributed by atoms with Crippen LogP contribution < -0.4 is 4.90 Å². The third kappa shape index (κ3) is 2.98. The SMILES string of the molecule is CN(c1ncc(-c2ccc(-n3ccnc3)cc2O)nn1)[C@H]1CCC[C@@H]1F. The minimum atomic E-state index is -0.858. The molecule has 0 amide bonds. The molecule has 0 bridgehead atoms. The number of alkyl halides is 1. The average molecular weight is 354 g/mol. The Kier molecular flexibility index (Phi) is 4.24. The second-order valence-electron chi connectivity index (χ2n) is 6.44. The van der Waals surface area contributed by atoms with Crippen molar-refractivity contribution in [1.29, 1.82) is 0 Å². The Labute approximate surface area is 150 Å². The first-order chi connectivity index (χ1) is 12.6. The summed E-state index contributed by atoms with van der Waals surface area (Å²) in [6.45, 7) is 0. The molecule has 0 aliphatic heterocycles. The van der Waals surface area contributed by atoms with Crippen molar-refractivity contribution in [2.45, 2.75) is 31.5 Å². The Balaban J connectivity index is 1.57. The first kappa shape index (κ1) is 16.4. The fourth-order valence-corrected chi connectivity index (χ4v) is 3.34.